The highest BCUT2D eigenvalue weighted by Crippen LogP contribution is 2.47. The minimum absolute atomic E-state index is 0.0280. The molecule has 230 valence electrons. The number of nitriles is 2. The number of anilines is 6. The maximum absolute atomic E-state index is 10.4. The Morgan fingerprint density at radius 1 is 0.340 bits per heavy atom. The van der Waals surface area contributed by atoms with E-state index >= 15 is 0 Å². The summed E-state index contributed by atoms with van der Waals surface area (Å²) >= 11 is 0. The van der Waals surface area contributed by atoms with E-state index in [1.54, 1.807) is 0 Å². The van der Waals surface area contributed by atoms with Gasteiger partial charge in [-0.05, 0) is 58.2 Å². The van der Waals surface area contributed by atoms with Crippen LogP contribution in [-0.4, -0.2) is 13.4 Å². The molecule has 0 fully saturated rings. The van der Waals surface area contributed by atoms with Gasteiger partial charge in [0.2, 0.25) is 13.4 Å². The number of hydrogen-bond donors (Lipinski definition) is 0. The van der Waals surface area contributed by atoms with Crippen molar-refractivity contribution in [3.8, 4) is 12.1 Å². The summed E-state index contributed by atoms with van der Waals surface area (Å²) in [7, 11) is 0. The van der Waals surface area contributed by atoms with Crippen molar-refractivity contribution in [1.82, 2.24) is 0 Å². The van der Waals surface area contributed by atoms with Crippen LogP contribution in [0.4, 0.5) is 34.1 Å². The van der Waals surface area contributed by atoms with Gasteiger partial charge in [0.05, 0.1) is 22.5 Å². The van der Waals surface area contributed by atoms with Gasteiger partial charge in [-0.1, -0.05) is 144 Å². The Morgan fingerprint density at radius 2 is 0.620 bits per heavy atom. The van der Waals surface area contributed by atoms with Gasteiger partial charge in [0.15, 0.2) is 0 Å². The first-order valence-electron chi connectivity index (χ1n) is 16.8. The van der Waals surface area contributed by atoms with Crippen LogP contribution in [0.3, 0.4) is 0 Å². The second-order valence-corrected chi connectivity index (χ2v) is 12.7. The van der Waals surface area contributed by atoms with Gasteiger partial charge in [-0.25, -0.2) is 0 Å². The van der Waals surface area contributed by atoms with Gasteiger partial charge in [-0.2, -0.15) is 10.5 Å². The van der Waals surface area contributed by atoms with E-state index in [1.165, 1.54) is 32.8 Å². The van der Waals surface area contributed by atoms with Gasteiger partial charge in [0.1, 0.15) is 12.1 Å². The van der Waals surface area contributed by atoms with E-state index < -0.39 is 0 Å². The number of fused-ring (bicyclic) bond motifs is 4. The molecule has 0 spiro atoms. The van der Waals surface area contributed by atoms with Crippen molar-refractivity contribution in [1.29, 1.82) is 10.5 Å². The molecule has 0 atom stereocenters. The third kappa shape index (κ3) is 4.55. The van der Waals surface area contributed by atoms with E-state index in [4.69, 9.17) is 0 Å². The van der Waals surface area contributed by atoms with Crippen molar-refractivity contribution in [2.24, 2.45) is 0 Å². The molecule has 4 nitrogen and oxygen atoms in total. The topological polar surface area (TPSA) is 54.1 Å². The van der Waals surface area contributed by atoms with Crippen LogP contribution >= 0.6 is 0 Å². The lowest BCUT2D eigenvalue weighted by Gasteiger charge is -2.42. The number of benzene rings is 7. The van der Waals surface area contributed by atoms with Crippen molar-refractivity contribution < 1.29 is 0 Å². The summed E-state index contributed by atoms with van der Waals surface area (Å²) < 4.78 is 0. The number of nitrogens with zero attached hydrogens (tertiary/aromatic N) is 4. The monoisotopic (exact) mass is 634 g/mol. The molecule has 7 aromatic carbocycles. The molecule has 0 aliphatic carbocycles. The first-order valence-corrected chi connectivity index (χ1v) is 16.8. The molecule has 0 N–H and O–H groups in total. The van der Waals surface area contributed by atoms with E-state index in [9.17, 15) is 10.5 Å². The summed E-state index contributed by atoms with van der Waals surface area (Å²) in [5, 5.41) is 20.8. The molecule has 0 bridgehead atoms. The summed E-state index contributed by atoms with van der Waals surface area (Å²) in [5.74, 6) is 0. The zero-order valence-electron chi connectivity index (χ0n) is 27.1. The molecule has 7 aromatic rings. The Labute approximate surface area is 292 Å². The van der Waals surface area contributed by atoms with Crippen LogP contribution in [0.15, 0.2) is 170 Å². The molecule has 2 aliphatic heterocycles. The molecule has 0 aromatic heterocycles. The molecular formula is C44H28B2N4. The minimum Gasteiger partial charge on any atom is -0.309 e. The van der Waals surface area contributed by atoms with Crippen LogP contribution in [-0.2, 0) is 0 Å². The standard InChI is InChI=1S/C44H28B2N4/c47-29-31-27-43(49-39-23-11-7-19-35(39)45(33-15-3-1-4-16-33)36-20-8-12-24-40(36)49)44(28-32(31)30-48)50-41-25-13-9-21-37(41)46(34-17-5-2-6-18-34)38-22-10-14-26-42(38)50/h1-28H. The highest BCUT2D eigenvalue weighted by Gasteiger charge is 2.39. The molecule has 2 heterocycles. The predicted octanol–water partition coefficient (Wildman–Crippen LogP) is 6.03. The minimum atomic E-state index is 0.0280. The molecule has 9 rings (SSSR count). The van der Waals surface area contributed by atoms with Crippen molar-refractivity contribution in [2.75, 3.05) is 9.80 Å². The Morgan fingerprint density at radius 3 is 0.920 bits per heavy atom. The largest absolute Gasteiger partial charge is 0.309 e. The van der Waals surface area contributed by atoms with Crippen LogP contribution in [0.5, 0.6) is 0 Å². The summed E-state index contributed by atoms with van der Waals surface area (Å²) in [5.41, 5.74) is 13.6. The Hall–Kier alpha value is -6.75. The van der Waals surface area contributed by atoms with Gasteiger partial charge in [-0.3, -0.25) is 0 Å². The number of hydrogen-bond acceptors (Lipinski definition) is 4. The summed E-state index contributed by atoms with van der Waals surface area (Å²) in [6.07, 6.45) is 0. The van der Waals surface area contributed by atoms with Crippen LogP contribution in [0.1, 0.15) is 11.1 Å². The number of para-hydroxylation sites is 4. The van der Waals surface area contributed by atoms with E-state index in [0.717, 1.165) is 34.1 Å². The van der Waals surface area contributed by atoms with Crippen molar-refractivity contribution in [3.63, 3.8) is 0 Å². The average molecular weight is 634 g/mol. The van der Waals surface area contributed by atoms with Gasteiger partial charge >= 0.3 is 0 Å². The van der Waals surface area contributed by atoms with Crippen LogP contribution in [0.2, 0.25) is 0 Å². The fourth-order valence-electron chi connectivity index (χ4n) is 7.98. The SMILES string of the molecule is N#Cc1cc(N2c3ccccc3B(c3ccccc3)c3ccccc32)c(N2c3ccccc3B(c3ccccc3)c3ccccc32)cc1C#N. The highest BCUT2D eigenvalue weighted by atomic mass is 15.2. The van der Waals surface area contributed by atoms with Crippen molar-refractivity contribution >= 4 is 80.3 Å². The normalized spacial score (nSPS) is 12.6. The van der Waals surface area contributed by atoms with Gasteiger partial charge in [0, 0.05) is 22.7 Å². The third-order valence-electron chi connectivity index (χ3n) is 10.1. The molecular weight excluding hydrogens is 606 g/mol. The van der Waals surface area contributed by atoms with Gasteiger partial charge in [-0.15, -0.1) is 0 Å². The van der Waals surface area contributed by atoms with E-state index in [1.807, 2.05) is 12.1 Å². The molecule has 0 unspecified atom stereocenters. The maximum Gasteiger partial charge on any atom is 0.246 e. The zero-order valence-corrected chi connectivity index (χ0v) is 27.1. The molecule has 0 radical (unpaired) electrons. The molecule has 0 saturated carbocycles. The maximum atomic E-state index is 10.4. The summed E-state index contributed by atoms with van der Waals surface area (Å²) in [6, 6.07) is 63.9. The summed E-state index contributed by atoms with van der Waals surface area (Å²) in [6.45, 7) is 0.0559. The van der Waals surface area contributed by atoms with E-state index in [2.05, 4.69) is 180 Å². The third-order valence-corrected chi connectivity index (χ3v) is 10.1. The Balaban J connectivity index is 1.34. The molecule has 0 saturated heterocycles. The first kappa shape index (κ1) is 29.4. The van der Waals surface area contributed by atoms with Gasteiger partial charge in [0.25, 0.3) is 0 Å². The number of rotatable bonds is 4. The van der Waals surface area contributed by atoms with E-state index in [-0.39, 0.29) is 13.4 Å². The van der Waals surface area contributed by atoms with Crippen molar-refractivity contribution in [3.05, 3.63) is 181 Å². The lowest BCUT2D eigenvalue weighted by Crippen LogP contribution is -2.57. The first-order chi connectivity index (χ1) is 24.8. The second-order valence-electron chi connectivity index (χ2n) is 12.7. The predicted molar refractivity (Wildman–Crippen MR) is 207 cm³/mol. The van der Waals surface area contributed by atoms with Gasteiger partial charge < -0.3 is 9.80 Å². The molecule has 0 amide bonds. The lowest BCUT2D eigenvalue weighted by molar-refractivity contribution is 1.22. The lowest BCUT2D eigenvalue weighted by atomic mass is 9.35. The smallest absolute Gasteiger partial charge is 0.246 e. The quantitative estimate of drug-likeness (QED) is 0.222. The Kier molecular flexibility index (Phi) is 7.08. The van der Waals surface area contributed by atoms with Crippen LogP contribution in [0, 0.1) is 22.7 Å². The van der Waals surface area contributed by atoms with E-state index in [0.29, 0.717) is 11.1 Å². The summed E-state index contributed by atoms with van der Waals surface area (Å²) in [4.78, 5) is 4.58. The molecule has 50 heavy (non-hydrogen) atoms. The molecule has 2 aliphatic rings. The highest BCUT2D eigenvalue weighted by molar-refractivity contribution is 6.98. The van der Waals surface area contributed by atoms with Crippen LogP contribution < -0.4 is 42.6 Å². The Bertz CT molecular complexity index is 2230. The van der Waals surface area contributed by atoms with Crippen molar-refractivity contribution in [2.45, 2.75) is 0 Å². The molecule has 6 heteroatoms. The van der Waals surface area contributed by atoms with Crippen LogP contribution in [0.25, 0.3) is 0 Å². The fourth-order valence-corrected chi connectivity index (χ4v) is 7.98. The second kappa shape index (κ2) is 12.0. The fraction of sp³-hybridized carbons (Fsp3) is 0. The average Bonchev–Trinajstić information content (AvgIpc) is 3.19. The zero-order chi connectivity index (χ0) is 33.6.